The molecule has 4 nitrogen and oxygen atoms in total. The van der Waals surface area contributed by atoms with Crippen LogP contribution in [-0.4, -0.2) is 15.0 Å². The van der Waals surface area contributed by atoms with Crippen LogP contribution in [0.25, 0.3) is 55.8 Å². The first-order valence-corrected chi connectivity index (χ1v) is 17.5. The second kappa shape index (κ2) is 16.5. The molecule has 0 saturated carbocycles. The SMILES string of the molecule is CCC(CC)c1cc(-c2[c-]ccc3c2oc2nc(-c4c(C(C)C)cccc4C(C)C)ccc23)ncc1C.[Ir].[c-]1ccccc1-c1ccccn1. The normalized spacial score (nSPS) is 11.2. The van der Waals surface area contributed by atoms with Crippen molar-refractivity contribution in [3.63, 3.8) is 0 Å². The summed E-state index contributed by atoms with van der Waals surface area (Å²) in [5.41, 5.74) is 12.7. The van der Waals surface area contributed by atoms with E-state index in [1.165, 1.54) is 27.8 Å². The zero-order valence-electron chi connectivity index (χ0n) is 30.0. The van der Waals surface area contributed by atoms with E-state index in [1.54, 1.807) is 6.20 Å². The van der Waals surface area contributed by atoms with Gasteiger partial charge >= 0.3 is 0 Å². The smallest absolute Gasteiger partial charge is 0.216 e. The minimum Gasteiger partial charge on any atom is -0.486 e. The Kier molecular flexibility index (Phi) is 12.2. The van der Waals surface area contributed by atoms with Crippen molar-refractivity contribution in [2.45, 2.75) is 79.1 Å². The largest absolute Gasteiger partial charge is 0.486 e. The maximum Gasteiger partial charge on any atom is 0.216 e. The van der Waals surface area contributed by atoms with Gasteiger partial charge in [-0.25, -0.2) is 4.98 Å². The van der Waals surface area contributed by atoms with Crippen LogP contribution in [0.5, 0.6) is 0 Å². The molecule has 4 aromatic heterocycles. The average Bonchev–Trinajstić information content (AvgIpc) is 3.52. The molecule has 0 unspecified atom stereocenters. The minimum absolute atomic E-state index is 0. The Labute approximate surface area is 310 Å². The van der Waals surface area contributed by atoms with Crippen LogP contribution in [0.15, 0.2) is 108 Å². The zero-order valence-corrected chi connectivity index (χ0v) is 32.4. The van der Waals surface area contributed by atoms with Crippen LogP contribution in [0.1, 0.15) is 94.4 Å². The van der Waals surface area contributed by atoms with E-state index in [0.717, 1.165) is 57.4 Å². The van der Waals surface area contributed by atoms with E-state index in [4.69, 9.17) is 14.4 Å². The molecule has 3 aromatic carbocycles. The summed E-state index contributed by atoms with van der Waals surface area (Å²) >= 11 is 0. The quantitative estimate of drug-likeness (QED) is 0.143. The van der Waals surface area contributed by atoms with Crippen molar-refractivity contribution in [3.05, 3.63) is 138 Å². The summed E-state index contributed by atoms with van der Waals surface area (Å²) in [6.45, 7) is 15.6. The topological polar surface area (TPSA) is 51.8 Å². The minimum atomic E-state index is 0. The number of aryl methyl sites for hydroxylation is 1. The number of hydrogen-bond donors (Lipinski definition) is 0. The van der Waals surface area contributed by atoms with Gasteiger partial charge in [0, 0.05) is 43.4 Å². The second-order valence-corrected chi connectivity index (χ2v) is 13.3. The first-order valence-electron chi connectivity index (χ1n) is 17.5. The first-order chi connectivity index (χ1) is 23.8. The fourth-order valence-electron chi connectivity index (χ4n) is 6.72. The molecule has 0 bridgehead atoms. The Balaban J connectivity index is 0.000000315. The van der Waals surface area contributed by atoms with Crippen molar-refractivity contribution in [1.82, 2.24) is 15.0 Å². The van der Waals surface area contributed by atoms with Crippen LogP contribution in [0, 0.1) is 19.1 Å². The van der Waals surface area contributed by atoms with Gasteiger partial charge in [-0.3, -0.25) is 0 Å². The Morgan fingerprint density at radius 3 is 2.06 bits per heavy atom. The van der Waals surface area contributed by atoms with Crippen LogP contribution < -0.4 is 0 Å². The summed E-state index contributed by atoms with van der Waals surface area (Å²) in [6.07, 6.45) is 6.01. The first kappa shape index (κ1) is 36.8. The summed E-state index contributed by atoms with van der Waals surface area (Å²) in [5.74, 6) is 1.33. The molecule has 7 aromatic rings. The predicted molar refractivity (Wildman–Crippen MR) is 204 cm³/mol. The molecule has 1 radical (unpaired) electrons. The van der Waals surface area contributed by atoms with Crippen molar-refractivity contribution in [3.8, 4) is 33.8 Å². The van der Waals surface area contributed by atoms with Gasteiger partial charge < -0.3 is 14.4 Å². The van der Waals surface area contributed by atoms with Crippen molar-refractivity contribution < 1.29 is 24.5 Å². The molecule has 7 rings (SSSR count). The van der Waals surface area contributed by atoms with Gasteiger partial charge in [0.1, 0.15) is 0 Å². The Bertz CT molecular complexity index is 2100. The number of aromatic nitrogens is 3. The van der Waals surface area contributed by atoms with Crippen LogP contribution in [0.3, 0.4) is 0 Å². The van der Waals surface area contributed by atoms with E-state index in [-0.39, 0.29) is 20.1 Å². The van der Waals surface area contributed by atoms with Gasteiger partial charge in [0.05, 0.1) is 11.3 Å². The molecule has 257 valence electrons. The molecule has 0 amide bonds. The van der Waals surface area contributed by atoms with Crippen molar-refractivity contribution in [2.75, 3.05) is 0 Å². The van der Waals surface area contributed by atoms with E-state index in [2.05, 4.69) is 108 Å². The van der Waals surface area contributed by atoms with E-state index in [1.807, 2.05) is 54.7 Å². The third-order valence-corrected chi connectivity index (χ3v) is 9.40. The maximum absolute atomic E-state index is 6.50. The number of furan rings is 1. The summed E-state index contributed by atoms with van der Waals surface area (Å²) in [4.78, 5) is 14.1. The molecule has 0 fully saturated rings. The fourth-order valence-corrected chi connectivity index (χ4v) is 6.72. The molecular formula is C45H45IrN3O-2. The predicted octanol–water partition coefficient (Wildman–Crippen LogP) is 12.5. The molecule has 0 aliphatic heterocycles. The van der Waals surface area contributed by atoms with E-state index in [0.29, 0.717) is 23.5 Å². The average molecular weight is 836 g/mol. The maximum atomic E-state index is 6.50. The van der Waals surface area contributed by atoms with Crippen LogP contribution in [-0.2, 0) is 20.1 Å². The van der Waals surface area contributed by atoms with E-state index >= 15 is 0 Å². The molecule has 0 saturated heterocycles. The third-order valence-electron chi connectivity index (χ3n) is 9.40. The Morgan fingerprint density at radius 1 is 0.680 bits per heavy atom. The number of pyridine rings is 3. The standard InChI is InChI=1S/C34H37N2O.C11H8N.Ir/c1-8-23(9-2)29-18-31(35-19-22(29)7)28-15-11-14-26-27-16-17-30(36-34(27)37-33(26)28)32-24(20(3)4)12-10-13-25(32)21(5)6;1-2-6-10(7-3-1)11-8-4-5-9-12-11;/h10-14,16-21,23H,8-9H2,1-7H3;1-6,8-9H;/q2*-1;. The summed E-state index contributed by atoms with van der Waals surface area (Å²) in [7, 11) is 0. The van der Waals surface area contributed by atoms with Crippen molar-refractivity contribution >= 4 is 22.1 Å². The van der Waals surface area contributed by atoms with Gasteiger partial charge in [0.25, 0.3) is 0 Å². The van der Waals surface area contributed by atoms with E-state index < -0.39 is 0 Å². The van der Waals surface area contributed by atoms with Crippen LogP contribution in [0.4, 0.5) is 0 Å². The molecule has 5 heteroatoms. The second-order valence-electron chi connectivity index (χ2n) is 13.3. The van der Waals surface area contributed by atoms with Crippen LogP contribution >= 0.6 is 0 Å². The number of rotatable bonds is 8. The van der Waals surface area contributed by atoms with Crippen molar-refractivity contribution in [2.24, 2.45) is 0 Å². The number of fused-ring (bicyclic) bond motifs is 3. The molecule has 0 atom stereocenters. The number of nitrogens with zero attached hydrogens (tertiary/aromatic N) is 3. The van der Waals surface area contributed by atoms with Gasteiger partial charge in [0.2, 0.25) is 5.71 Å². The fraction of sp³-hybridized carbons (Fsp3) is 0.267. The molecular weight excluding hydrogens is 791 g/mol. The Hall–Kier alpha value is -4.44. The van der Waals surface area contributed by atoms with Crippen LogP contribution in [0.2, 0.25) is 0 Å². The molecule has 4 heterocycles. The van der Waals surface area contributed by atoms with E-state index in [9.17, 15) is 0 Å². The van der Waals surface area contributed by atoms with Gasteiger partial charge in [-0.05, 0) is 89.4 Å². The number of benzene rings is 3. The summed E-state index contributed by atoms with van der Waals surface area (Å²) in [5, 5.41) is 2.07. The van der Waals surface area contributed by atoms with Gasteiger partial charge in [-0.1, -0.05) is 88.9 Å². The van der Waals surface area contributed by atoms with Gasteiger partial charge in [-0.15, -0.1) is 54.1 Å². The van der Waals surface area contributed by atoms with Gasteiger partial charge in [0.15, 0.2) is 0 Å². The number of hydrogen-bond acceptors (Lipinski definition) is 4. The Morgan fingerprint density at radius 2 is 1.42 bits per heavy atom. The molecule has 0 aliphatic carbocycles. The van der Waals surface area contributed by atoms with Crippen molar-refractivity contribution in [1.29, 1.82) is 0 Å². The molecule has 0 spiro atoms. The summed E-state index contributed by atoms with van der Waals surface area (Å²) < 4.78 is 6.50. The molecule has 0 aliphatic rings. The summed E-state index contributed by atoms with van der Waals surface area (Å²) in [6, 6.07) is 37.4. The monoisotopic (exact) mass is 836 g/mol. The molecule has 0 N–H and O–H groups in total. The van der Waals surface area contributed by atoms with Gasteiger partial charge in [-0.2, -0.15) is 0 Å². The zero-order chi connectivity index (χ0) is 34.5. The third kappa shape index (κ3) is 7.65. The molecule has 50 heavy (non-hydrogen) atoms.